The molecule has 1 N–H and O–H groups in total. The Morgan fingerprint density at radius 1 is 1.32 bits per heavy atom. The van der Waals surface area contributed by atoms with Gasteiger partial charge in [-0.25, -0.2) is 4.39 Å². The molecule has 0 aliphatic heterocycles. The van der Waals surface area contributed by atoms with E-state index in [0.717, 1.165) is 0 Å². The number of aliphatic hydroxyl groups is 1. The van der Waals surface area contributed by atoms with Crippen LogP contribution in [0.15, 0.2) is 24.3 Å². The lowest BCUT2D eigenvalue weighted by atomic mass is 9.78. The molecule has 4 heteroatoms. The zero-order valence-electron chi connectivity index (χ0n) is 11.6. The average Bonchev–Trinajstić information content (AvgIpc) is 2.40. The Balaban J connectivity index is 3.12. The zero-order valence-corrected chi connectivity index (χ0v) is 11.6. The zero-order chi connectivity index (χ0) is 14.5. The molecule has 0 aromatic heterocycles. The molecule has 0 aliphatic rings. The van der Waals surface area contributed by atoms with E-state index in [9.17, 15) is 14.3 Å². The molecule has 2 atom stereocenters. The molecule has 0 radical (unpaired) electrons. The predicted octanol–water partition coefficient (Wildman–Crippen LogP) is 3.01. The first-order valence-corrected chi connectivity index (χ1v) is 6.64. The van der Waals surface area contributed by atoms with E-state index in [1.807, 2.05) is 6.92 Å². The molecular weight excluding hydrogens is 247 g/mol. The van der Waals surface area contributed by atoms with Gasteiger partial charge in [-0.15, -0.1) is 0 Å². The second-order valence-electron chi connectivity index (χ2n) is 4.50. The number of carbonyl (C=O) groups is 1. The van der Waals surface area contributed by atoms with Gasteiger partial charge in [0.25, 0.3) is 0 Å². The summed E-state index contributed by atoms with van der Waals surface area (Å²) in [6.07, 6.45) is 0.816. The van der Waals surface area contributed by atoms with Crippen LogP contribution in [0, 0.1) is 11.7 Å². The van der Waals surface area contributed by atoms with E-state index in [2.05, 4.69) is 0 Å². The summed E-state index contributed by atoms with van der Waals surface area (Å²) in [6, 6.07) is 5.60. The summed E-state index contributed by atoms with van der Waals surface area (Å²) >= 11 is 0. The molecule has 1 rings (SSSR count). The van der Waals surface area contributed by atoms with Crippen molar-refractivity contribution in [3.8, 4) is 0 Å². The molecule has 1 aromatic carbocycles. The molecule has 2 unspecified atom stereocenters. The van der Waals surface area contributed by atoms with Crippen LogP contribution in [0.2, 0.25) is 0 Å². The van der Waals surface area contributed by atoms with Gasteiger partial charge in [0, 0.05) is 0 Å². The molecule has 0 spiro atoms. The van der Waals surface area contributed by atoms with Gasteiger partial charge in [-0.1, -0.05) is 26.0 Å². The van der Waals surface area contributed by atoms with E-state index >= 15 is 0 Å². The molecule has 19 heavy (non-hydrogen) atoms. The summed E-state index contributed by atoms with van der Waals surface area (Å²) in [4.78, 5) is 12.0. The lowest BCUT2D eigenvalue weighted by molar-refractivity contribution is -0.160. The minimum absolute atomic E-state index is 0.276. The quantitative estimate of drug-likeness (QED) is 0.807. The molecule has 0 saturated heterocycles. The maximum atomic E-state index is 13.0. The number of esters is 1. The van der Waals surface area contributed by atoms with Crippen LogP contribution < -0.4 is 0 Å². The molecule has 0 heterocycles. The molecule has 0 amide bonds. The van der Waals surface area contributed by atoms with Crippen molar-refractivity contribution in [1.29, 1.82) is 0 Å². The topological polar surface area (TPSA) is 46.5 Å². The van der Waals surface area contributed by atoms with Crippen molar-refractivity contribution in [2.75, 3.05) is 6.61 Å². The fourth-order valence-corrected chi connectivity index (χ4v) is 2.33. The summed E-state index contributed by atoms with van der Waals surface area (Å²) in [5.74, 6) is -1.44. The molecular formula is C15H21FO3. The summed E-state index contributed by atoms with van der Waals surface area (Å²) in [5.41, 5.74) is -0.786. The molecule has 3 nitrogen and oxygen atoms in total. The molecule has 1 aromatic rings. The Morgan fingerprint density at radius 2 is 1.89 bits per heavy atom. The minimum atomic E-state index is -1.32. The van der Waals surface area contributed by atoms with Gasteiger partial charge in [-0.3, -0.25) is 4.79 Å². The largest absolute Gasteiger partial charge is 0.466 e. The summed E-state index contributed by atoms with van der Waals surface area (Å²) in [7, 11) is 0. The summed E-state index contributed by atoms with van der Waals surface area (Å²) in [5, 5.41) is 10.8. The summed E-state index contributed by atoms with van der Waals surface area (Å²) in [6.45, 7) is 5.63. The highest BCUT2D eigenvalue weighted by atomic mass is 19.1. The number of hydrogen-bond donors (Lipinski definition) is 1. The van der Waals surface area contributed by atoms with Crippen molar-refractivity contribution < 1.29 is 19.0 Å². The van der Waals surface area contributed by atoms with Crippen molar-refractivity contribution in [3.63, 3.8) is 0 Å². The van der Waals surface area contributed by atoms with E-state index < -0.39 is 17.5 Å². The lowest BCUT2D eigenvalue weighted by Crippen LogP contribution is -2.40. The third-order valence-electron chi connectivity index (χ3n) is 3.44. The van der Waals surface area contributed by atoms with Gasteiger partial charge in [0.15, 0.2) is 0 Å². The second-order valence-corrected chi connectivity index (χ2v) is 4.50. The molecule has 0 saturated carbocycles. The van der Waals surface area contributed by atoms with Crippen LogP contribution in [0.5, 0.6) is 0 Å². The van der Waals surface area contributed by atoms with E-state index in [1.54, 1.807) is 13.8 Å². The van der Waals surface area contributed by atoms with E-state index in [4.69, 9.17) is 4.74 Å². The third kappa shape index (κ3) is 3.32. The number of benzene rings is 1. The van der Waals surface area contributed by atoms with Crippen LogP contribution in [0.4, 0.5) is 4.39 Å². The number of ether oxygens (including phenoxy) is 1. The Bertz CT molecular complexity index is 416. The normalized spacial score (nSPS) is 15.6. The van der Waals surface area contributed by atoms with Crippen LogP contribution in [0.3, 0.4) is 0 Å². The van der Waals surface area contributed by atoms with E-state index in [-0.39, 0.29) is 12.4 Å². The van der Waals surface area contributed by atoms with Gasteiger partial charge in [-0.05, 0) is 37.5 Å². The van der Waals surface area contributed by atoms with Gasteiger partial charge >= 0.3 is 5.97 Å². The summed E-state index contributed by atoms with van der Waals surface area (Å²) < 4.78 is 18.0. The highest BCUT2D eigenvalue weighted by Gasteiger charge is 2.41. The van der Waals surface area contributed by atoms with Crippen LogP contribution in [0.25, 0.3) is 0 Å². The van der Waals surface area contributed by atoms with Gasteiger partial charge in [-0.2, -0.15) is 0 Å². The Morgan fingerprint density at radius 3 is 2.32 bits per heavy atom. The van der Waals surface area contributed by atoms with Gasteiger partial charge < -0.3 is 9.84 Å². The van der Waals surface area contributed by atoms with Crippen LogP contribution in [0.1, 0.15) is 39.2 Å². The standard InChI is InChI=1S/C15H21FO3/c1-4-13(14(17)19-6-3)15(18,5-2)11-7-9-12(16)10-8-11/h7-10,13,18H,4-6H2,1-3H3. The number of halogens is 1. The Labute approximate surface area is 113 Å². The van der Waals surface area contributed by atoms with Crippen LogP contribution >= 0.6 is 0 Å². The number of hydrogen-bond acceptors (Lipinski definition) is 3. The van der Waals surface area contributed by atoms with Crippen LogP contribution in [-0.4, -0.2) is 17.7 Å². The van der Waals surface area contributed by atoms with Gasteiger partial charge in [0.05, 0.1) is 12.5 Å². The average molecular weight is 268 g/mol. The highest BCUT2D eigenvalue weighted by Crippen LogP contribution is 2.36. The van der Waals surface area contributed by atoms with Crippen molar-refractivity contribution in [3.05, 3.63) is 35.6 Å². The van der Waals surface area contributed by atoms with Crippen molar-refractivity contribution in [1.82, 2.24) is 0 Å². The Hall–Kier alpha value is -1.42. The maximum absolute atomic E-state index is 13.0. The van der Waals surface area contributed by atoms with Crippen molar-refractivity contribution in [2.45, 2.75) is 39.2 Å². The monoisotopic (exact) mass is 268 g/mol. The fraction of sp³-hybridized carbons (Fsp3) is 0.533. The number of rotatable bonds is 6. The molecule has 0 fully saturated rings. The Kier molecular flexibility index (Phi) is 5.48. The SMILES string of the molecule is CCOC(=O)C(CC)C(O)(CC)c1ccc(F)cc1. The van der Waals surface area contributed by atoms with Gasteiger partial charge in [0.1, 0.15) is 11.4 Å². The van der Waals surface area contributed by atoms with Gasteiger partial charge in [0.2, 0.25) is 0 Å². The fourth-order valence-electron chi connectivity index (χ4n) is 2.33. The van der Waals surface area contributed by atoms with Crippen molar-refractivity contribution in [2.24, 2.45) is 5.92 Å². The first-order valence-electron chi connectivity index (χ1n) is 6.64. The van der Waals surface area contributed by atoms with E-state index in [0.29, 0.717) is 18.4 Å². The van der Waals surface area contributed by atoms with E-state index in [1.165, 1.54) is 24.3 Å². The molecule has 106 valence electrons. The van der Waals surface area contributed by atoms with Crippen LogP contribution in [-0.2, 0) is 15.1 Å². The minimum Gasteiger partial charge on any atom is -0.466 e. The molecule has 0 aliphatic carbocycles. The highest BCUT2D eigenvalue weighted by molar-refractivity contribution is 5.74. The van der Waals surface area contributed by atoms with Crippen molar-refractivity contribution >= 4 is 5.97 Å². The first-order chi connectivity index (χ1) is 8.99. The predicted molar refractivity (Wildman–Crippen MR) is 71.0 cm³/mol. The lowest BCUT2D eigenvalue weighted by Gasteiger charge is -2.34. The number of carbonyl (C=O) groups excluding carboxylic acids is 1. The second kappa shape index (κ2) is 6.66. The first kappa shape index (κ1) is 15.6. The maximum Gasteiger partial charge on any atom is 0.312 e. The third-order valence-corrected chi connectivity index (χ3v) is 3.44. The molecule has 0 bridgehead atoms. The smallest absolute Gasteiger partial charge is 0.312 e.